The number of aryl methyl sites for hydroxylation is 1. The highest BCUT2D eigenvalue weighted by molar-refractivity contribution is 7.99. The third-order valence-corrected chi connectivity index (χ3v) is 4.44. The highest BCUT2D eigenvalue weighted by atomic mass is 32.2. The molecule has 1 aromatic heterocycles. The molecule has 20 heavy (non-hydrogen) atoms. The molecule has 5 nitrogen and oxygen atoms in total. The van der Waals surface area contributed by atoms with Crippen molar-refractivity contribution in [3.63, 3.8) is 0 Å². The number of nitrogens with one attached hydrogen (secondary N) is 1. The van der Waals surface area contributed by atoms with Gasteiger partial charge in [-0.2, -0.15) is 0 Å². The summed E-state index contributed by atoms with van der Waals surface area (Å²) >= 11 is 1.62. The van der Waals surface area contributed by atoms with Crippen molar-refractivity contribution >= 4 is 17.6 Å². The van der Waals surface area contributed by atoms with Crippen LogP contribution in [0.2, 0.25) is 0 Å². The Balaban J connectivity index is 1.81. The quantitative estimate of drug-likeness (QED) is 0.671. The van der Waals surface area contributed by atoms with Crippen LogP contribution in [0.25, 0.3) is 0 Å². The molecule has 3 N–H and O–H groups in total. The second kappa shape index (κ2) is 5.66. The van der Waals surface area contributed by atoms with Gasteiger partial charge in [0.25, 0.3) is 0 Å². The lowest BCUT2D eigenvalue weighted by molar-refractivity contribution is 0.591. The van der Waals surface area contributed by atoms with E-state index in [2.05, 4.69) is 14.8 Å². The van der Waals surface area contributed by atoms with Crippen molar-refractivity contribution in [1.29, 1.82) is 5.41 Å². The fourth-order valence-corrected chi connectivity index (χ4v) is 3.21. The molecule has 1 aliphatic rings. The maximum Gasteiger partial charge on any atom is 0.196 e. The average molecular weight is 287 g/mol. The van der Waals surface area contributed by atoms with Gasteiger partial charge in [0.1, 0.15) is 11.7 Å². The first kappa shape index (κ1) is 13.2. The Bertz CT molecular complexity index is 617. The lowest BCUT2D eigenvalue weighted by Gasteiger charge is -2.06. The smallest absolute Gasteiger partial charge is 0.196 e. The maximum absolute atomic E-state index is 7.40. The van der Waals surface area contributed by atoms with Crippen molar-refractivity contribution in [2.45, 2.75) is 42.3 Å². The molecule has 3 rings (SSSR count). The summed E-state index contributed by atoms with van der Waals surface area (Å²) in [4.78, 5) is 1.09. The molecular formula is C14H17N5S. The van der Waals surface area contributed by atoms with Gasteiger partial charge < -0.3 is 10.3 Å². The summed E-state index contributed by atoms with van der Waals surface area (Å²) in [6.07, 6.45) is 4.69. The van der Waals surface area contributed by atoms with Crippen LogP contribution in [0.5, 0.6) is 0 Å². The number of amidine groups is 1. The number of hydrogen-bond acceptors (Lipinski definition) is 4. The highest BCUT2D eigenvalue weighted by Gasteiger charge is 2.15. The van der Waals surface area contributed by atoms with E-state index in [1.807, 2.05) is 24.3 Å². The molecular weight excluding hydrogens is 270 g/mol. The Hall–Kier alpha value is -1.82. The molecule has 0 saturated heterocycles. The fourth-order valence-electron chi connectivity index (χ4n) is 2.34. The molecule has 0 unspecified atom stereocenters. The van der Waals surface area contributed by atoms with Gasteiger partial charge in [-0.25, -0.2) is 0 Å². The van der Waals surface area contributed by atoms with Gasteiger partial charge in [-0.15, -0.1) is 10.2 Å². The molecule has 0 radical (unpaired) electrons. The molecule has 104 valence electrons. The van der Waals surface area contributed by atoms with Crippen molar-refractivity contribution in [1.82, 2.24) is 14.8 Å². The predicted molar refractivity (Wildman–Crippen MR) is 79.2 cm³/mol. The van der Waals surface area contributed by atoms with E-state index in [0.717, 1.165) is 34.4 Å². The van der Waals surface area contributed by atoms with Crippen molar-refractivity contribution in [2.75, 3.05) is 0 Å². The minimum atomic E-state index is 0.0953. The topological polar surface area (TPSA) is 80.6 Å². The van der Waals surface area contributed by atoms with Crippen LogP contribution >= 0.6 is 11.8 Å². The minimum absolute atomic E-state index is 0.0953. The van der Waals surface area contributed by atoms with Crippen LogP contribution in [-0.4, -0.2) is 20.6 Å². The van der Waals surface area contributed by atoms with E-state index in [-0.39, 0.29) is 5.84 Å². The third kappa shape index (κ3) is 2.70. The van der Waals surface area contributed by atoms with Crippen LogP contribution in [-0.2, 0) is 13.0 Å². The van der Waals surface area contributed by atoms with Crippen LogP contribution in [0.3, 0.4) is 0 Å². The minimum Gasteiger partial charge on any atom is -0.384 e. The average Bonchev–Trinajstić information content (AvgIpc) is 2.69. The standard InChI is InChI=1S/C14H17N5S/c15-13(16)10-5-7-11(8-6-10)20-14-18-17-12-4-2-1-3-9-19(12)14/h5-8H,1-4,9H2,(H3,15,16). The Morgan fingerprint density at radius 1 is 1.15 bits per heavy atom. The van der Waals surface area contributed by atoms with Crippen LogP contribution in [0.15, 0.2) is 34.3 Å². The van der Waals surface area contributed by atoms with Gasteiger partial charge in [-0.05, 0) is 36.7 Å². The molecule has 0 atom stereocenters. The number of aromatic nitrogens is 3. The number of fused-ring (bicyclic) bond motifs is 1. The Morgan fingerprint density at radius 2 is 1.95 bits per heavy atom. The summed E-state index contributed by atoms with van der Waals surface area (Å²) in [5.41, 5.74) is 6.20. The summed E-state index contributed by atoms with van der Waals surface area (Å²) in [6.45, 7) is 1.01. The van der Waals surface area contributed by atoms with E-state index in [4.69, 9.17) is 11.1 Å². The molecule has 0 saturated carbocycles. The van der Waals surface area contributed by atoms with Crippen LogP contribution < -0.4 is 5.73 Å². The fraction of sp³-hybridized carbons (Fsp3) is 0.357. The van der Waals surface area contributed by atoms with E-state index >= 15 is 0 Å². The zero-order valence-corrected chi connectivity index (χ0v) is 12.0. The first-order valence-electron chi connectivity index (χ1n) is 6.78. The molecule has 0 bridgehead atoms. The van der Waals surface area contributed by atoms with Crippen molar-refractivity contribution in [3.05, 3.63) is 35.7 Å². The van der Waals surface area contributed by atoms with Gasteiger partial charge in [0.15, 0.2) is 5.16 Å². The third-order valence-electron chi connectivity index (χ3n) is 3.45. The second-order valence-corrected chi connectivity index (χ2v) is 5.94. The summed E-state index contributed by atoms with van der Waals surface area (Å²) < 4.78 is 2.23. The number of nitrogens with zero attached hydrogens (tertiary/aromatic N) is 3. The highest BCUT2D eigenvalue weighted by Crippen LogP contribution is 2.28. The molecule has 1 aromatic carbocycles. The van der Waals surface area contributed by atoms with Gasteiger partial charge in [0, 0.05) is 23.4 Å². The molecule has 2 aromatic rings. The normalized spacial score (nSPS) is 14.6. The van der Waals surface area contributed by atoms with Crippen molar-refractivity contribution in [2.24, 2.45) is 5.73 Å². The van der Waals surface area contributed by atoms with Gasteiger partial charge in [0.2, 0.25) is 0 Å². The maximum atomic E-state index is 7.40. The van der Waals surface area contributed by atoms with Gasteiger partial charge in [-0.3, -0.25) is 5.41 Å². The summed E-state index contributed by atoms with van der Waals surface area (Å²) in [5.74, 6) is 1.20. The van der Waals surface area contributed by atoms with Crippen LogP contribution in [0.4, 0.5) is 0 Å². The van der Waals surface area contributed by atoms with E-state index in [9.17, 15) is 0 Å². The van der Waals surface area contributed by atoms with E-state index in [0.29, 0.717) is 0 Å². The molecule has 2 heterocycles. The number of nitrogens with two attached hydrogens (primary N) is 1. The summed E-state index contributed by atoms with van der Waals surface area (Å²) in [5, 5.41) is 16.9. The molecule has 1 aliphatic heterocycles. The van der Waals surface area contributed by atoms with Crippen molar-refractivity contribution in [3.8, 4) is 0 Å². The van der Waals surface area contributed by atoms with Crippen LogP contribution in [0, 0.1) is 5.41 Å². The molecule has 6 heteroatoms. The Morgan fingerprint density at radius 3 is 2.70 bits per heavy atom. The molecule has 0 fully saturated rings. The SMILES string of the molecule is N=C(N)c1ccc(Sc2nnc3n2CCCCC3)cc1. The van der Waals surface area contributed by atoms with Gasteiger partial charge in [0.05, 0.1) is 0 Å². The summed E-state index contributed by atoms with van der Waals surface area (Å²) in [6, 6.07) is 7.67. The Labute approximate surface area is 122 Å². The number of hydrogen-bond donors (Lipinski definition) is 2. The first-order valence-corrected chi connectivity index (χ1v) is 7.60. The molecule has 0 spiro atoms. The monoisotopic (exact) mass is 287 g/mol. The van der Waals surface area contributed by atoms with Crippen LogP contribution in [0.1, 0.15) is 30.7 Å². The predicted octanol–water partition coefficient (Wildman–Crippen LogP) is 2.44. The zero-order chi connectivity index (χ0) is 13.9. The second-order valence-electron chi connectivity index (χ2n) is 4.90. The van der Waals surface area contributed by atoms with Gasteiger partial charge in [-0.1, -0.05) is 18.6 Å². The van der Waals surface area contributed by atoms with E-state index < -0.39 is 0 Å². The largest absolute Gasteiger partial charge is 0.384 e. The number of rotatable bonds is 3. The number of nitrogen functional groups attached to an aromatic ring is 1. The Kier molecular flexibility index (Phi) is 3.73. The van der Waals surface area contributed by atoms with E-state index in [1.54, 1.807) is 11.8 Å². The molecule has 0 amide bonds. The van der Waals surface area contributed by atoms with E-state index in [1.165, 1.54) is 19.3 Å². The van der Waals surface area contributed by atoms with Gasteiger partial charge >= 0.3 is 0 Å². The number of benzene rings is 1. The molecule has 0 aliphatic carbocycles. The summed E-state index contributed by atoms with van der Waals surface area (Å²) in [7, 11) is 0. The first-order chi connectivity index (χ1) is 9.74. The lowest BCUT2D eigenvalue weighted by Crippen LogP contribution is -2.10. The van der Waals surface area contributed by atoms with Crippen molar-refractivity contribution < 1.29 is 0 Å². The lowest BCUT2D eigenvalue weighted by atomic mass is 10.2. The zero-order valence-electron chi connectivity index (χ0n) is 11.2.